The number of carbonyl (C=O) groups is 1. The van der Waals surface area contributed by atoms with Gasteiger partial charge in [0.25, 0.3) is 0 Å². The van der Waals surface area contributed by atoms with Gasteiger partial charge < -0.3 is 9.84 Å². The van der Waals surface area contributed by atoms with Crippen LogP contribution in [0.1, 0.15) is 77.2 Å². The molecule has 2 fully saturated rings. The molecule has 0 unspecified atom stereocenters. The Morgan fingerprint density at radius 3 is 2.68 bits per heavy atom. The minimum atomic E-state index is -0.957. The van der Waals surface area contributed by atoms with Crippen molar-refractivity contribution in [1.82, 2.24) is 0 Å². The zero-order valence-electron chi connectivity index (χ0n) is 22.3. The van der Waals surface area contributed by atoms with Gasteiger partial charge in [0.1, 0.15) is 17.1 Å². The van der Waals surface area contributed by atoms with Crippen molar-refractivity contribution < 1.29 is 14.6 Å². The second kappa shape index (κ2) is 9.99. The van der Waals surface area contributed by atoms with E-state index < -0.39 is 5.60 Å². The van der Waals surface area contributed by atoms with Gasteiger partial charge in [0.2, 0.25) is 0 Å². The normalized spacial score (nSPS) is 33.2. The molecule has 0 aliphatic heterocycles. The van der Waals surface area contributed by atoms with E-state index in [1.54, 1.807) is 6.08 Å². The number of allylic oxidation sites excluding steroid dienone is 8. The van der Waals surface area contributed by atoms with E-state index >= 15 is 0 Å². The second-order valence-corrected chi connectivity index (χ2v) is 11.2. The van der Waals surface area contributed by atoms with Gasteiger partial charge in [-0.2, -0.15) is 0 Å². The van der Waals surface area contributed by atoms with Crippen LogP contribution in [0.3, 0.4) is 0 Å². The molecule has 0 radical (unpaired) electrons. The van der Waals surface area contributed by atoms with Crippen molar-refractivity contribution in [2.45, 2.75) is 77.2 Å². The van der Waals surface area contributed by atoms with Gasteiger partial charge in [-0.1, -0.05) is 49.3 Å². The molecule has 37 heavy (non-hydrogen) atoms. The van der Waals surface area contributed by atoms with Crippen molar-refractivity contribution >= 4 is 5.78 Å². The average Bonchev–Trinajstić information content (AvgIpc) is 3.16. The number of hydrogen-bond acceptors (Lipinski definition) is 3. The van der Waals surface area contributed by atoms with Crippen molar-refractivity contribution in [3.63, 3.8) is 0 Å². The summed E-state index contributed by atoms with van der Waals surface area (Å²) in [5, 5.41) is 11.8. The highest BCUT2D eigenvalue weighted by Crippen LogP contribution is 2.66. The molecule has 1 N–H and O–H groups in total. The van der Waals surface area contributed by atoms with E-state index in [-0.39, 0.29) is 17.1 Å². The van der Waals surface area contributed by atoms with Crippen molar-refractivity contribution in [3.05, 3.63) is 89.3 Å². The fourth-order valence-corrected chi connectivity index (χ4v) is 7.63. The van der Waals surface area contributed by atoms with Crippen LogP contribution in [0, 0.1) is 29.1 Å². The highest BCUT2D eigenvalue weighted by atomic mass is 16.5. The number of rotatable bonds is 5. The molecular weight excluding hydrogens is 456 g/mol. The zero-order valence-corrected chi connectivity index (χ0v) is 22.3. The summed E-state index contributed by atoms with van der Waals surface area (Å²) < 4.78 is 6.08. The van der Waals surface area contributed by atoms with Crippen LogP contribution in [0.15, 0.2) is 83.7 Å². The molecule has 0 bridgehead atoms. The molecule has 4 aliphatic rings. The Labute approximate surface area is 221 Å². The van der Waals surface area contributed by atoms with Crippen LogP contribution >= 0.6 is 0 Å². The third kappa shape index (κ3) is 4.36. The largest absolute Gasteiger partial charge is 0.458 e. The summed E-state index contributed by atoms with van der Waals surface area (Å²) in [6, 6.07) is 8.46. The van der Waals surface area contributed by atoms with E-state index in [0.29, 0.717) is 18.3 Å². The lowest BCUT2D eigenvalue weighted by atomic mass is 9.51. The molecule has 3 heteroatoms. The average molecular weight is 495 g/mol. The first kappa shape index (κ1) is 25.6. The topological polar surface area (TPSA) is 46.5 Å². The van der Waals surface area contributed by atoms with E-state index in [2.05, 4.69) is 37.5 Å². The summed E-state index contributed by atoms with van der Waals surface area (Å²) in [6.07, 6.45) is 15.4. The van der Waals surface area contributed by atoms with Gasteiger partial charge in [-0.3, -0.25) is 4.79 Å². The van der Waals surface area contributed by atoms with E-state index in [9.17, 15) is 9.90 Å². The van der Waals surface area contributed by atoms with Gasteiger partial charge in [-0.15, -0.1) is 5.92 Å². The molecule has 0 saturated heterocycles. The van der Waals surface area contributed by atoms with Gasteiger partial charge in [0.15, 0.2) is 5.78 Å². The quantitative estimate of drug-likeness (QED) is 0.264. The summed E-state index contributed by atoms with van der Waals surface area (Å²) in [4.78, 5) is 12.3. The van der Waals surface area contributed by atoms with E-state index in [4.69, 9.17) is 4.74 Å². The Morgan fingerprint density at radius 2 is 1.97 bits per heavy atom. The van der Waals surface area contributed by atoms with Crippen LogP contribution in [0.25, 0.3) is 0 Å². The summed E-state index contributed by atoms with van der Waals surface area (Å²) in [5.74, 6) is 9.13. The molecular formula is C34H38O3. The van der Waals surface area contributed by atoms with Crippen molar-refractivity contribution in [3.8, 4) is 17.6 Å². The number of fused-ring (bicyclic) bond motifs is 4. The second-order valence-electron chi connectivity index (χ2n) is 11.2. The van der Waals surface area contributed by atoms with E-state index in [1.165, 1.54) is 22.3 Å². The van der Waals surface area contributed by atoms with Gasteiger partial charge in [-0.05, 0) is 111 Å². The monoisotopic (exact) mass is 494 g/mol. The van der Waals surface area contributed by atoms with Crippen molar-refractivity contribution in [1.29, 1.82) is 0 Å². The van der Waals surface area contributed by atoms with Gasteiger partial charge in [-0.25, -0.2) is 0 Å². The molecule has 0 amide bonds. The first-order chi connectivity index (χ1) is 17.8. The van der Waals surface area contributed by atoms with Crippen LogP contribution in [-0.4, -0.2) is 16.5 Å². The predicted octanol–water partition coefficient (Wildman–Crippen LogP) is 7.37. The number of ether oxygens (including phenoxy) is 1. The molecule has 5 rings (SSSR count). The molecule has 0 heterocycles. The van der Waals surface area contributed by atoms with Crippen molar-refractivity contribution in [2.24, 2.45) is 17.3 Å². The maximum Gasteiger partial charge on any atom is 0.156 e. The number of hydrogen-bond donors (Lipinski definition) is 1. The number of ketones is 1. The SMILES string of the molecule is C=C/C=C\C(=C/C)Oc1ccc([C@H]2C[C@@]3(C)[C@@H](CC[C@@]3(O)C#CC)[C@@H]3CCC4=CC(=O)CCC4=C32)cc1. The minimum Gasteiger partial charge on any atom is -0.458 e. The first-order valence-electron chi connectivity index (χ1n) is 13.7. The Morgan fingerprint density at radius 1 is 1.19 bits per heavy atom. The maximum absolute atomic E-state index is 12.3. The molecule has 4 aliphatic carbocycles. The van der Waals surface area contributed by atoms with Crippen LogP contribution in [0.2, 0.25) is 0 Å². The molecule has 1 aromatic rings. The number of carbonyl (C=O) groups excluding carboxylic acids is 1. The summed E-state index contributed by atoms with van der Waals surface area (Å²) in [5.41, 5.74) is 4.22. The van der Waals surface area contributed by atoms with E-state index in [1.807, 2.05) is 50.3 Å². The Bertz CT molecular complexity index is 1280. The Balaban J connectivity index is 1.57. The highest BCUT2D eigenvalue weighted by molar-refractivity contribution is 5.93. The lowest BCUT2D eigenvalue weighted by Crippen LogP contribution is -2.51. The van der Waals surface area contributed by atoms with E-state index in [0.717, 1.165) is 50.0 Å². The van der Waals surface area contributed by atoms with Crippen LogP contribution < -0.4 is 4.74 Å². The predicted molar refractivity (Wildman–Crippen MR) is 149 cm³/mol. The third-order valence-electron chi connectivity index (χ3n) is 9.42. The van der Waals surface area contributed by atoms with Crippen LogP contribution in [0.5, 0.6) is 5.75 Å². The molecule has 5 atom stereocenters. The Kier molecular flexibility index (Phi) is 6.90. The molecule has 3 nitrogen and oxygen atoms in total. The fraction of sp³-hybridized carbons (Fsp3) is 0.441. The minimum absolute atomic E-state index is 0.192. The molecule has 1 aromatic carbocycles. The maximum atomic E-state index is 12.3. The number of aliphatic hydroxyl groups is 1. The standard InChI is InChI=1S/C34H38O3/c1-5-8-9-26(7-3)37-27-14-10-23(11-15-27)30-22-33(4)31(18-20-34(33,36)19-6-2)29-16-12-24-21-25(35)13-17-28(24)32(29)30/h5,7-11,14-15,21,29-31,36H,1,12-13,16-18,20,22H2,2-4H3/b9-8-,26-7+/t29-,30+,31-,33-,34-/m0/s1. The summed E-state index contributed by atoms with van der Waals surface area (Å²) in [6.45, 7) is 9.80. The lowest BCUT2D eigenvalue weighted by molar-refractivity contribution is -0.114. The van der Waals surface area contributed by atoms with Gasteiger partial charge >= 0.3 is 0 Å². The first-order valence-corrected chi connectivity index (χ1v) is 13.7. The van der Waals surface area contributed by atoms with Crippen LogP contribution in [0.4, 0.5) is 0 Å². The Hall–Kier alpha value is -3.09. The van der Waals surface area contributed by atoms with Gasteiger partial charge in [0.05, 0.1) is 0 Å². The fourth-order valence-electron chi connectivity index (χ4n) is 7.63. The van der Waals surface area contributed by atoms with Crippen molar-refractivity contribution in [2.75, 3.05) is 0 Å². The zero-order chi connectivity index (χ0) is 26.2. The lowest BCUT2D eigenvalue weighted by Gasteiger charge is -2.53. The molecule has 192 valence electrons. The number of benzene rings is 1. The highest BCUT2D eigenvalue weighted by Gasteiger charge is 2.62. The molecule has 0 spiro atoms. The third-order valence-corrected chi connectivity index (χ3v) is 9.42. The summed E-state index contributed by atoms with van der Waals surface area (Å²) >= 11 is 0. The smallest absolute Gasteiger partial charge is 0.156 e. The van der Waals surface area contributed by atoms with Crippen LogP contribution in [-0.2, 0) is 4.79 Å². The van der Waals surface area contributed by atoms with Gasteiger partial charge in [0, 0.05) is 17.8 Å². The molecule has 2 saturated carbocycles. The molecule has 0 aromatic heterocycles. The summed E-state index contributed by atoms with van der Waals surface area (Å²) in [7, 11) is 0.